The summed E-state index contributed by atoms with van der Waals surface area (Å²) in [4.78, 5) is 11.1. The molecule has 1 aromatic heterocycles. The summed E-state index contributed by atoms with van der Waals surface area (Å²) in [6.45, 7) is 0. The number of fused-ring (bicyclic) bond motifs is 1. The summed E-state index contributed by atoms with van der Waals surface area (Å²) >= 11 is 5.80. The lowest BCUT2D eigenvalue weighted by molar-refractivity contribution is 0.0997. The fourth-order valence-corrected chi connectivity index (χ4v) is 3.86. The molecule has 0 saturated carbocycles. The molecule has 0 unspecified atom stereocenters. The Balaban J connectivity index is 2.02. The van der Waals surface area contributed by atoms with Gasteiger partial charge in [-0.15, -0.1) is 0 Å². The molecule has 0 radical (unpaired) electrons. The van der Waals surface area contributed by atoms with Crippen LogP contribution in [0, 0.1) is 0 Å². The van der Waals surface area contributed by atoms with Gasteiger partial charge in [0.1, 0.15) is 5.75 Å². The largest absolute Gasteiger partial charge is 0.506 e. The molecule has 0 aliphatic carbocycles. The van der Waals surface area contributed by atoms with Crippen LogP contribution in [0.5, 0.6) is 5.75 Å². The molecule has 0 bridgehead atoms. The number of benzene rings is 2. The molecular weight excluding hydrogens is 366 g/mol. The number of nitrogens with two attached hydrogens (primary N) is 1. The number of amides is 1. The summed E-state index contributed by atoms with van der Waals surface area (Å²) in [5.41, 5.74) is 6.07. The Morgan fingerprint density at radius 3 is 2.64 bits per heavy atom. The lowest BCUT2D eigenvalue weighted by Crippen LogP contribution is -2.16. The maximum Gasteiger partial charge on any atom is 0.261 e. The van der Waals surface area contributed by atoms with Gasteiger partial charge in [-0.1, -0.05) is 11.6 Å². The lowest BCUT2D eigenvalue weighted by Gasteiger charge is -2.11. The highest BCUT2D eigenvalue weighted by Crippen LogP contribution is 2.31. The number of aromatic nitrogens is 1. The van der Waals surface area contributed by atoms with Crippen molar-refractivity contribution in [1.29, 1.82) is 0 Å². The average Bonchev–Trinajstić information content (AvgIpc) is 2.89. The van der Waals surface area contributed by atoms with E-state index < -0.39 is 21.7 Å². The van der Waals surface area contributed by atoms with Gasteiger partial charge in [0, 0.05) is 29.8 Å². The number of primary amides is 1. The molecule has 130 valence electrons. The van der Waals surface area contributed by atoms with Crippen LogP contribution >= 0.6 is 11.6 Å². The Labute approximate surface area is 148 Å². The van der Waals surface area contributed by atoms with Crippen molar-refractivity contribution in [2.24, 2.45) is 12.8 Å². The molecule has 9 heteroatoms. The van der Waals surface area contributed by atoms with Gasteiger partial charge in [-0.25, -0.2) is 8.42 Å². The summed E-state index contributed by atoms with van der Waals surface area (Å²) in [5, 5.41) is 10.3. The monoisotopic (exact) mass is 379 g/mol. The number of aryl methyl sites for hydroxylation is 1. The number of rotatable bonds is 4. The molecule has 3 rings (SSSR count). The summed E-state index contributed by atoms with van der Waals surface area (Å²) in [6, 6.07) is 8.97. The van der Waals surface area contributed by atoms with Crippen molar-refractivity contribution in [2.45, 2.75) is 4.90 Å². The van der Waals surface area contributed by atoms with Gasteiger partial charge in [0.25, 0.3) is 15.9 Å². The minimum atomic E-state index is -4.03. The number of halogens is 1. The van der Waals surface area contributed by atoms with Gasteiger partial charge in [-0.05, 0) is 36.4 Å². The van der Waals surface area contributed by atoms with Gasteiger partial charge in [-0.3, -0.25) is 9.52 Å². The molecule has 0 atom stereocenters. The number of carbonyl (C=O) groups excluding carboxylic acids is 1. The molecule has 7 nitrogen and oxygen atoms in total. The molecule has 0 fully saturated rings. The molecule has 2 aromatic carbocycles. The zero-order chi connectivity index (χ0) is 18.4. The quantitative estimate of drug-likeness (QED) is 0.645. The molecular formula is C16H14ClN3O4S. The van der Waals surface area contributed by atoms with Crippen molar-refractivity contribution < 1.29 is 18.3 Å². The zero-order valence-electron chi connectivity index (χ0n) is 13.0. The summed E-state index contributed by atoms with van der Waals surface area (Å²) in [5.74, 6) is -1.54. The minimum absolute atomic E-state index is 0.280. The Kier molecular flexibility index (Phi) is 4.09. The van der Waals surface area contributed by atoms with Crippen LogP contribution in [-0.2, 0) is 17.1 Å². The fourth-order valence-electron chi connectivity index (χ4n) is 2.48. The van der Waals surface area contributed by atoms with Crippen LogP contribution in [0.15, 0.2) is 47.5 Å². The van der Waals surface area contributed by atoms with E-state index >= 15 is 0 Å². The van der Waals surface area contributed by atoms with E-state index in [4.69, 9.17) is 17.3 Å². The van der Waals surface area contributed by atoms with Crippen LogP contribution in [0.4, 0.5) is 5.69 Å². The topological polar surface area (TPSA) is 114 Å². The van der Waals surface area contributed by atoms with E-state index in [-0.39, 0.29) is 15.5 Å². The molecule has 25 heavy (non-hydrogen) atoms. The van der Waals surface area contributed by atoms with Crippen LogP contribution in [0.1, 0.15) is 10.4 Å². The van der Waals surface area contributed by atoms with Crippen molar-refractivity contribution in [3.05, 3.63) is 53.2 Å². The highest BCUT2D eigenvalue weighted by atomic mass is 35.5. The van der Waals surface area contributed by atoms with E-state index in [1.165, 1.54) is 0 Å². The third-order valence-electron chi connectivity index (χ3n) is 3.75. The first-order valence-corrected chi connectivity index (χ1v) is 8.95. The van der Waals surface area contributed by atoms with Crippen molar-refractivity contribution in [2.75, 3.05) is 4.72 Å². The molecule has 0 aliphatic rings. The number of aromatic hydroxyl groups is 1. The van der Waals surface area contributed by atoms with E-state index in [0.29, 0.717) is 5.69 Å². The second-order valence-electron chi connectivity index (χ2n) is 5.47. The highest BCUT2D eigenvalue weighted by Gasteiger charge is 2.21. The van der Waals surface area contributed by atoms with Gasteiger partial charge in [0.15, 0.2) is 0 Å². The molecule has 3 aromatic rings. The van der Waals surface area contributed by atoms with Gasteiger partial charge in [-0.2, -0.15) is 0 Å². The number of carbonyl (C=O) groups is 1. The van der Waals surface area contributed by atoms with E-state index in [1.54, 1.807) is 18.2 Å². The second-order valence-corrected chi connectivity index (χ2v) is 7.56. The molecule has 1 amide bonds. The molecule has 1 heterocycles. The Morgan fingerprint density at radius 1 is 1.24 bits per heavy atom. The number of nitrogens with zero attached hydrogens (tertiary/aromatic N) is 1. The molecule has 0 saturated heterocycles. The predicted molar refractivity (Wildman–Crippen MR) is 95.4 cm³/mol. The Bertz CT molecular complexity index is 1110. The number of anilines is 1. The molecule has 4 N–H and O–H groups in total. The van der Waals surface area contributed by atoms with Crippen LogP contribution in [0.2, 0.25) is 5.02 Å². The van der Waals surface area contributed by atoms with Gasteiger partial charge >= 0.3 is 0 Å². The van der Waals surface area contributed by atoms with Crippen LogP contribution in [0.3, 0.4) is 0 Å². The zero-order valence-corrected chi connectivity index (χ0v) is 14.6. The Morgan fingerprint density at radius 2 is 1.96 bits per heavy atom. The first-order valence-electron chi connectivity index (χ1n) is 7.09. The van der Waals surface area contributed by atoms with Crippen LogP contribution in [0.25, 0.3) is 10.9 Å². The van der Waals surface area contributed by atoms with E-state index in [2.05, 4.69) is 4.72 Å². The summed E-state index contributed by atoms with van der Waals surface area (Å²) in [6.07, 6.45) is 1.86. The smallest absolute Gasteiger partial charge is 0.261 e. The van der Waals surface area contributed by atoms with Crippen molar-refractivity contribution in [1.82, 2.24) is 4.57 Å². The van der Waals surface area contributed by atoms with E-state index in [0.717, 1.165) is 23.0 Å². The molecule has 0 aliphatic heterocycles. The van der Waals surface area contributed by atoms with E-state index in [9.17, 15) is 18.3 Å². The van der Waals surface area contributed by atoms with Gasteiger partial charge in [0.2, 0.25) is 0 Å². The normalized spacial score (nSPS) is 11.6. The maximum atomic E-state index is 12.6. The predicted octanol–water partition coefficient (Wildman–Crippen LogP) is 2.44. The minimum Gasteiger partial charge on any atom is -0.506 e. The average molecular weight is 380 g/mol. The maximum absolute atomic E-state index is 12.6. The first-order chi connectivity index (χ1) is 11.7. The number of nitrogens with one attached hydrogen (secondary N) is 1. The number of phenols is 1. The fraction of sp³-hybridized carbons (Fsp3) is 0.0625. The molecule has 0 spiro atoms. The van der Waals surface area contributed by atoms with Crippen molar-refractivity contribution >= 4 is 44.1 Å². The summed E-state index contributed by atoms with van der Waals surface area (Å²) < 4.78 is 29.5. The summed E-state index contributed by atoms with van der Waals surface area (Å²) in [7, 11) is -2.15. The third-order valence-corrected chi connectivity index (χ3v) is 5.40. The number of hydrogen-bond acceptors (Lipinski definition) is 4. The highest BCUT2D eigenvalue weighted by molar-refractivity contribution is 7.92. The Hall–Kier alpha value is -2.71. The standard InChI is InChI=1S/C16H14ClN3O4S/c1-20-5-4-9-6-10(2-3-14(9)20)19-25(23,24)11-7-12(16(18)22)15(21)13(17)8-11/h2-8,19,21H,1H3,(H2,18,22). The van der Waals surface area contributed by atoms with Crippen molar-refractivity contribution in [3.8, 4) is 5.75 Å². The third kappa shape index (κ3) is 3.13. The van der Waals surface area contributed by atoms with Gasteiger partial charge in [0.05, 0.1) is 15.5 Å². The van der Waals surface area contributed by atoms with Crippen LogP contribution in [-0.4, -0.2) is 24.0 Å². The second kappa shape index (κ2) is 5.98. The number of sulfonamides is 1. The first kappa shape index (κ1) is 17.1. The van der Waals surface area contributed by atoms with Crippen LogP contribution < -0.4 is 10.5 Å². The number of hydrogen-bond donors (Lipinski definition) is 3. The lowest BCUT2D eigenvalue weighted by atomic mass is 10.2. The van der Waals surface area contributed by atoms with Gasteiger partial charge < -0.3 is 15.4 Å². The van der Waals surface area contributed by atoms with Crippen molar-refractivity contribution in [3.63, 3.8) is 0 Å². The SMILES string of the molecule is Cn1ccc2cc(NS(=O)(=O)c3cc(Cl)c(O)c(C(N)=O)c3)ccc21. The van der Waals surface area contributed by atoms with E-state index in [1.807, 2.05) is 23.9 Å².